The van der Waals surface area contributed by atoms with Gasteiger partial charge in [-0.1, -0.05) is 0 Å². The molecule has 94 valence electrons. The van der Waals surface area contributed by atoms with E-state index in [2.05, 4.69) is 21.2 Å². The van der Waals surface area contributed by atoms with Gasteiger partial charge in [0.25, 0.3) is 0 Å². The van der Waals surface area contributed by atoms with Crippen LogP contribution in [-0.2, 0) is 19.4 Å². The molecular formula is C14H23N3. The van der Waals surface area contributed by atoms with Gasteiger partial charge in [-0.05, 0) is 57.9 Å². The summed E-state index contributed by atoms with van der Waals surface area (Å²) in [7, 11) is 0. The molecule has 0 saturated heterocycles. The molecule has 0 atom stereocenters. The Morgan fingerprint density at radius 1 is 1.24 bits per heavy atom. The molecule has 1 N–H and O–H groups in total. The summed E-state index contributed by atoms with van der Waals surface area (Å²) in [4.78, 5) is 4.54. The molecule has 0 aliphatic heterocycles. The quantitative estimate of drug-likeness (QED) is 0.764. The third-order valence-electron chi connectivity index (χ3n) is 3.95. The van der Waals surface area contributed by atoms with Crippen molar-refractivity contribution in [2.45, 2.75) is 64.0 Å². The topological polar surface area (TPSA) is 29.9 Å². The number of aryl methyl sites for hydroxylation is 2. The lowest BCUT2D eigenvalue weighted by Crippen LogP contribution is -2.18. The Bertz CT molecular complexity index is 366. The lowest BCUT2D eigenvalue weighted by molar-refractivity contribution is 0.544. The van der Waals surface area contributed by atoms with Crippen LogP contribution in [0.25, 0.3) is 0 Å². The molecule has 17 heavy (non-hydrogen) atoms. The molecule has 2 aliphatic rings. The minimum absolute atomic E-state index is 0.857. The molecule has 2 aliphatic carbocycles. The molecule has 1 heterocycles. The van der Waals surface area contributed by atoms with Gasteiger partial charge in [0.15, 0.2) is 0 Å². The minimum Gasteiger partial charge on any atom is -0.334 e. The van der Waals surface area contributed by atoms with Crippen LogP contribution in [0.1, 0.15) is 49.9 Å². The van der Waals surface area contributed by atoms with Gasteiger partial charge in [0.1, 0.15) is 0 Å². The summed E-state index contributed by atoms with van der Waals surface area (Å²) >= 11 is 0. The van der Waals surface area contributed by atoms with E-state index in [1.54, 1.807) is 0 Å². The van der Waals surface area contributed by atoms with Gasteiger partial charge < -0.3 is 9.88 Å². The monoisotopic (exact) mass is 233 g/mol. The fraction of sp³-hybridized carbons (Fsp3) is 0.786. The maximum absolute atomic E-state index is 4.54. The zero-order chi connectivity index (χ0) is 11.5. The lowest BCUT2D eigenvalue weighted by Gasteiger charge is -2.13. The predicted molar refractivity (Wildman–Crippen MR) is 69.1 cm³/mol. The average Bonchev–Trinajstić information content (AvgIpc) is 3.09. The second-order valence-corrected chi connectivity index (χ2v) is 5.47. The van der Waals surface area contributed by atoms with Gasteiger partial charge in [-0.2, -0.15) is 0 Å². The van der Waals surface area contributed by atoms with Crippen molar-refractivity contribution < 1.29 is 0 Å². The van der Waals surface area contributed by atoms with Gasteiger partial charge in [0.2, 0.25) is 0 Å². The highest BCUT2D eigenvalue weighted by molar-refractivity contribution is 5.16. The first-order valence-electron chi connectivity index (χ1n) is 7.20. The van der Waals surface area contributed by atoms with E-state index in [9.17, 15) is 0 Å². The van der Waals surface area contributed by atoms with Crippen LogP contribution in [0, 0.1) is 0 Å². The van der Waals surface area contributed by atoms with Gasteiger partial charge in [-0.15, -0.1) is 0 Å². The Morgan fingerprint density at radius 3 is 3.00 bits per heavy atom. The summed E-state index contributed by atoms with van der Waals surface area (Å²) in [6.45, 7) is 2.36. The number of hydrogen-bond donors (Lipinski definition) is 1. The van der Waals surface area contributed by atoms with E-state index in [0.29, 0.717) is 0 Å². The van der Waals surface area contributed by atoms with Crippen LogP contribution in [0.3, 0.4) is 0 Å². The summed E-state index contributed by atoms with van der Waals surface area (Å²) in [5.41, 5.74) is 2.89. The largest absolute Gasteiger partial charge is 0.334 e. The highest BCUT2D eigenvalue weighted by Gasteiger charge is 2.19. The molecule has 3 nitrogen and oxygen atoms in total. The first kappa shape index (κ1) is 11.3. The first-order chi connectivity index (χ1) is 8.43. The van der Waals surface area contributed by atoms with E-state index < -0.39 is 0 Å². The number of nitrogens with zero attached hydrogens (tertiary/aromatic N) is 2. The van der Waals surface area contributed by atoms with E-state index in [0.717, 1.165) is 12.6 Å². The summed E-state index contributed by atoms with van der Waals surface area (Å²) < 4.78 is 2.39. The van der Waals surface area contributed by atoms with Crippen molar-refractivity contribution in [2.75, 3.05) is 6.54 Å². The third-order valence-corrected chi connectivity index (χ3v) is 3.95. The van der Waals surface area contributed by atoms with Crippen molar-refractivity contribution in [3.63, 3.8) is 0 Å². The summed E-state index contributed by atoms with van der Waals surface area (Å²) in [5, 5.41) is 3.57. The maximum atomic E-state index is 4.54. The van der Waals surface area contributed by atoms with Crippen LogP contribution in [-0.4, -0.2) is 22.1 Å². The van der Waals surface area contributed by atoms with Crippen molar-refractivity contribution in [3.8, 4) is 0 Å². The number of unbranched alkanes of at least 4 members (excludes halogenated alkanes) is 1. The zero-order valence-corrected chi connectivity index (χ0v) is 10.6. The Balaban J connectivity index is 1.42. The van der Waals surface area contributed by atoms with Crippen molar-refractivity contribution in [3.05, 3.63) is 17.7 Å². The van der Waals surface area contributed by atoms with Crippen LogP contribution in [0.15, 0.2) is 6.33 Å². The Kier molecular flexibility index (Phi) is 3.46. The molecule has 1 aromatic heterocycles. The van der Waals surface area contributed by atoms with Crippen LogP contribution in [0.5, 0.6) is 0 Å². The molecule has 0 radical (unpaired) electrons. The van der Waals surface area contributed by atoms with Crippen LogP contribution < -0.4 is 5.32 Å². The predicted octanol–water partition coefficient (Wildman–Crippen LogP) is 2.29. The molecule has 1 aromatic rings. The fourth-order valence-corrected chi connectivity index (χ4v) is 2.72. The highest BCUT2D eigenvalue weighted by Crippen LogP contribution is 2.20. The van der Waals surface area contributed by atoms with Crippen molar-refractivity contribution in [2.24, 2.45) is 0 Å². The van der Waals surface area contributed by atoms with Crippen LogP contribution in [0.4, 0.5) is 0 Å². The lowest BCUT2D eigenvalue weighted by atomic mass is 10.0. The fourth-order valence-electron chi connectivity index (χ4n) is 2.72. The van der Waals surface area contributed by atoms with Crippen LogP contribution in [0.2, 0.25) is 0 Å². The molecule has 1 fully saturated rings. The SMILES string of the molecule is c1nc2c(n1CCCCNC1CC1)CCCC2. The summed E-state index contributed by atoms with van der Waals surface area (Å²) in [6.07, 6.45) is 12.6. The van der Waals surface area contributed by atoms with E-state index >= 15 is 0 Å². The van der Waals surface area contributed by atoms with Gasteiger partial charge in [-0.25, -0.2) is 4.98 Å². The molecule has 0 amide bonds. The van der Waals surface area contributed by atoms with Crippen LogP contribution >= 0.6 is 0 Å². The molecule has 3 heteroatoms. The summed E-state index contributed by atoms with van der Waals surface area (Å²) in [6, 6.07) is 0.857. The molecule has 0 unspecified atom stereocenters. The Labute approximate surface area is 104 Å². The normalized spacial score (nSPS) is 19.3. The second kappa shape index (κ2) is 5.21. The smallest absolute Gasteiger partial charge is 0.0951 e. The highest BCUT2D eigenvalue weighted by atomic mass is 15.1. The zero-order valence-electron chi connectivity index (χ0n) is 10.6. The first-order valence-corrected chi connectivity index (χ1v) is 7.20. The van der Waals surface area contributed by atoms with Crippen molar-refractivity contribution in [1.29, 1.82) is 0 Å². The van der Waals surface area contributed by atoms with E-state index in [4.69, 9.17) is 0 Å². The third kappa shape index (κ3) is 2.89. The van der Waals surface area contributed by atoms with Crippen molar-refractivity contribution in [1.82, 2.24) is 14.9 Å². The van der Waals surface area contributed by atoms with Crippen molar-refractivity contribution >= 4 is 0 Å². The average molecular weight is 233 g/mol. The maximum Gasteiger partial charge on any atom is 0.0951 e. The van der Waals surface area contributed by atoms with Gasteiger partial charge in [0.05, 0.1) is 12.0 Å². The molecule has 0 aromatic carbocycles. The Hall–Kier alpha value is -0.830. The minimum atomic E-state index is 0.857. The second-order valence-electron chi connectivity index (χ2n) is 5.47. The number of rotatable bonds is 6. The molecule has 0 bridgehead atoms. The number of fused-ring (bicyclic) bond motifs is 1. The van der Waals surface area contributed by atoms with Gasteiger partial charge in [0, 0.05) is 18.3 Å². The summed E-state index contributed by atoms with van der Waals surface area (Å²) in [5.74, 6) is 0. The molecule has 3 rings (SSSR count). The molecule has 1 saturated carbocycles. The van der Waals surface area contributed by atoms with Gasteiger partial charge in [-0.3, -0.25) is 0 Å². The van der Waals surface area contributed by atoms with E-state index in [-0.39, 0.29) is 0 Å². The Morgan fingerprint density at radius 2 is 2.12 bits per heavy atom. The van der Waals surface area contributed by atoms with E-state index in [1.807, 2.05) is 0 Å². The number of nitrogens with one attached hydrogen (secondary N) is 1. The standard InChI is InChI=1S/C14H23N3/c1-2-6-14-13(5-1)16-11-17(14)10-4-3-9-15-12-7-8-12/h11-12,15H,1-10H2. The number of aromatic nitrogens is 2. The molecule has 0 spiro atoms. The number of hydrogen-bond acceptors (Lipinski definition) is 2. The molecular weight excluding hydrogens is 210 g/mol. The van der Waals surface area contributed by atoms with Gasteiger partial charge >= 0.3 is 0 Å². The van der Waals surface area contributed by atoms with E-state index in [1.165, 1.54) is 69.3 Å². The number of imidazole rings is 1.